The van der Waals surface area contributed by atoms with Crippen LogP contribution < -0.4 is 0 Å². The van der Waals surface area contributed by atoms with Crippen LogP contribution in [0.15, 0.2) is 42.2 Å². The second-order valence-electron chi connectivity index (χ2n) is 9.23. The summed E-state index contributed by atoms with van der Waals surface area (Å²) in [6.45, 7) is 7.17. The van der Waals surface area contributed by atoms with E-state index in [1.54, 1.807) is 12.1 Å². The topological polar surface area (TPSA) is 58.9 Å². The molecule has 4 nitrogen and oxygen atoms in total. The first-order valence-electron chi connectivity index (χ1n) is 12.4. The number of hydrogen-bond acceptors (Lipinski definition) is 4. The molecule has 248 valence electrons. The molecular formula is C27H32Br12O4. The molecule has 0 saturated carbocycles. The van der Waals surface area contributed by atoms with Crippen LogP contribution in [0.2, 0.25) is 0 Å². The summed E-state index contributed by atoms with van der Waals surface area (Å²) >= 11 is 41.1. The average molecular weight is 1380 g/mol. The van der Waals surface area contributed by atoms with Crippen molar-refractivity contribution in [2.24, 2.45) is 0 Å². The molecule has 2 rings (SSSR count). The molecule has 4 unspecified atom stereocenters. The molecule has 0 aromatic heterocycles. The van der Waals surface area contributed by atoms with Gasteiger partial charge in [0.1, 0.15) is 11.5 Å². The fourth-order valence-electron chi connectivity index (χ4n) is 3.02. The van der Waals surface area contributed by atoms with Crippen molar-refractivity contribution >= 4 is 191 Å². The van der Waals surface area contributed by atoms with Gasteiger partial charge in [-0.25, -0.2) is 0 Å². The summed E-state index contributed by atoms with van der Waals surface area (Å²) in [5.41, 5.74) is 1.69. The van der Waals surface area contributed by atoms with Crippen LogP contribution in [0.3, 0.4) is 0 Å². The monoisotopic (exact) mass is 1370 g/mol. The number of halogens is 12. The van der Waals surface area contributed by atoms with Gasteiger partial charge in [0.2, 0.25) is 0 Å². The fraction of sp³-hybridized carbons (Fsp3) is 0.556. The summed E-state index contributed by atoms with van der Waals surface area (Å²) in [5.74, 6) is 0.375. The second kappa shape index (κ2) is 25.6. The predicted octanol–water partition coefficient (Wildman–Crippen LogP) is 13.1. The Morgan fingerprint density at radius 2 is 0.884 bits per heavy atom. The zero-order valence-corrected chi connectivity index (χ0v) is 42.1. The van der Waals surface area contributed by atoms with E-state index in [0.717, 1.165) is 67.8 Å². The number of phenols is 2. The lowest BCUT2D eigenvalue weighted by Crippen LogP contribution is -2.20. The summed E-state index contributed by atoms with van der Waals surface area (Å²) in [6.07, 6.45) is 0. The van der Waals surface area contributed by atoms with Crippen molar-refractivity contribution in [3.05, 3.63) is 53.3 Å². The van der Waals surface area contributed by atoms with E-state index in [1.807, 2.05) is 12.1 Å². The van der Waals surface area contributed by atoms with Crippen LogP contribution in [0.5, 0.6) is 11.5 Å². The van der Waals surface area contributed by atoms with Gasteiger partial charge in [0.25, 0.3) is 0 Å². The van der Waals surface area contributed by atoms with Gasteiger partial charge in [0.05, 0.1) is 35.4 Å². The Balaban J connectivity index is 0.000000682. The fourth-order valence-corrected chi connectivity index (χ4v) is 7.60. The molecule has 0 saturated heterocycles. The Morgan fingerprint density at radius 1 is 0.581 bits per heavy atom. The molecule has 0 aliphatic heterocycles. The highest BCUT2D eigenvalue weighted by Crippen LogP contribution is 2.51. The van der Waals surface area contributed by atoms with Gasteiger partial charge in [-0.3, -0.25) is 0 Å². The number of alkyl halides is 8. The molecule has 0 bridgehead atoms. The van der Waals surface area contributed by atoms with Crippen molar-refractivity contribution in [1.29, 1.82) is 0 Å². The van der Waals surface area contributed by atoms with E-state index in [-0.39, 0.29) is 16.9 Å². The molecule has 43 heavy (non-hydrogen) atoms. The first-order chi connectivity index (χ1) is 20.1. The second-order valence-corrected chi connectivity index (χ2v) is 20.2. The first kappa shape index (κ1) is 46.7. The van der Waals surface area contributed by atoms with Crippen LogP contribution in [0.25, 0.3) is 0 Å². The lowest BCUT2D eigenvalue weighted by Gasteiger charge is -2.30. The largest absolute Gasteiger partial charge is 0.508 e. The number of rotatable bonds is 14. The van der Waals surface area contributed by atoms with Gasteiger partial charge in [-0.05, 0) is 87.0 Å². The lowest BCUT2D eigenvalue weighted by molar-refractivity contribution is 0.145. The van der Waals surface area contributed by atoms with Gasteiger partial charge in [-0.15, -0.1) is 0 Å². The van der Waals surface area contributed by atoms with Gasteiger partial charge in [0, 0.05) is 55.0 Å². The lowest BCUT2D eigenvalue weighted by atomic mass is 9.78. The molecule has 16 heteroatoms. The Morgan fingerprint density at radius 3 is 1.16 bits per heavy atom. The maximum Gasteiger partial charge on any atom is 0.146 e. The summed E-state index contributed by atoms with van der Waals surface area (Å²) in [6, 6.07) is 7.12. The zero-order valence-electron chi connectivity index (χ0n) is 23.0. The summed E-state index contributed by atoms with van der Waals surface area (Å²) in [5, 5.41) is 23.2. The van der Waals surface area contributed by atoms with Crippen molar-refractivity contribution in [3.8, 4) is 11.5 Å². The van der Waals surface area contributed by atoms with Gasteiger partial charge in [0.15, 0.2) is 0 Å². The summed E-state index contributed by atoms with van der Waals surface area (Å²) in [7, 11) is 0. The molecule has 0 aliphatic rings. The van der Waals surface area contributed by atoms with Crippen molar-refractivity contribution in [2.45, 2.75) is 38.6 Å². The standard InChI is InChI=1S/C15H12Br4O2.2C6H10Br4O/c1-15(2,7-3-5-8(20)6-4-7)9-10(16)12(18)14(21)13(19)11(9)17;2*7-1-5(9)3-11-4-6(10)2-8/h3-6,20-21H,1-2H3;2*5-6H,1-4H2. The quantitative estimate of drug-likeness (QED) is 0.146. The van der Waals surface area contributed by atoms with Crippen molar-refractivity contribution in [3.63, 3.8) is 0 Å². The Kier molecular flexibility index (Phi) is 27.9. The van der Waals surface area contributed by atoms with Gasteiger partial charge < -0.3 is 19.7 Å². The molecule has 4 atom stereocenters. The van der Waals surface area contributed by atoms with E-state index in [2.05, 4.69) is 205 Å². The van der Waals surface area contributed by atoms with Crippen LogP contribution in [-0.2, 0) is 14.9 Å². The van der Waals surface area contributed by atoms with Gasteiger partial charge in [-0.2, -0.15) is 0 Å². The van der Waals surface area contributed by atoms with E-state index in [9.17, 15) is 10.2 Å². The maximum atomic E-state index is 10.1. The third-order valence-electron chi connectivity index (χ3n) is 5.32. The van der Waals surface area contributed by atoms with E-state index in [1.165, 1.54) is 0 Å². The number of aromatic hydroxyl groups is 2. The van der Waals surface area contributed by atoms with Crippen LogP contribution in [0.4, 0.5) is 0 Å². The van der Waals surface area contributed by atoms with E-state index < -0.39 is 0 Å². The Bertz CT molecular complexity index is 988. The van der Waals surface area contributed by atoms with Crippen LogP contribution in [0.1, 0.15) is 25.0 Å². The number of benzene rings is 2. The highest BCUT2D eigenvalue weighted by Gasteiger charge is 2.31. The first-order valence-corrected chi connectivity index (χ1v) is 23.7. The minimum absolute atomic E-state index is 0.138. The molecule has 2 aromatic carbocycles. The van der Waals surface area contributed by atoms with Gasteiger partial charge >= 0.3 is 0 Å². The molecule has 0 aliphatic carbocycles. The Hall–Kier alpha value is 3.72. The van der Waals surface area contributed by atoms with Crippen molar-refractivity contribution in [2.75, 3.05) is 47.7 Å². The molecule has 2 aromatic rings. The molecule has 0 heterocycles. The highest BCUT2D eigenvalue weighted by atomic mass is 79.9. The summed E-state index contributed by atoms with van der Waals surface area (Å²) < 4.78 is 13.5. The molecule has 0 fully saturated rings. The summed E-state index contributed by atoms with van der Waals surface area (Å²) in [4.78, 5) is 1.66. The van der Waals surface area contributed by atoms with Crippen LogP contribution in [-0.4, -0.2) is 77.3 Å². The minimum atomic E-state index is -0.343. The Labute approximate surface area is 356 Å². The normalized spacial score (nSPS) is 14.1. The minimum Gasteiger partial charge on any atom is -0.508 e. The van der Waals surface area contributed by atoms with E-state index in [4.69, 9.17) is 9.47 Å². The van der Waals surface area contributed by atoms with Gasteiger partial charge in [-0.1, -0.05) is 153 Å². The third-order valence-corrected chi connectivity index (χ3v) is 18.5. The molecule has 2 N–H and O–H groups in total. The molecular weight excluding hydrogens is 1350 g/mol. The molecule has 0 radical (unpaired) electrons. The van der Waals surface area contributed by atoms with E-state index in [0.29, 0.717) is 28.3 Å². The van der Waals surface area contributed by atoms with Crippen LogP contribution in [0, 0.1) is 0 Å². The SMILES string of the molecule is BrCC(Br)COCC(Br)CBr.BrCC(Br)COCC(Br)CBr.CC(C)(c1ccc(O)cc1)c1c(Br)c(Br)c(O)c(Br)c1Br. The molecule has 0 amide bonds. The smallest absolute Gasteiger partial charge is 0.146 e. The van der Waals surface area contributed by atoms with Crippen LogP contribution >= 0.6 is 191 Å². The average Bonchev–Trinajstić information content (AvgIpc) is 2.99. The number of ether oxygens (including phenoxy) is 2. The highest BCUT2D eigenvalue weighted by molar-refractivity contribution is 9.14. The van der Waals surface area contributed by atoms with E-state index >= 15 is 0 Å². The third kappa shape index (κ3) is 18.0. The number of hydrogen-bond donors (Lipinski definition) is 2. The maximum absolute atomic E-state index is 10.1. The molecule has 0 spiro atoms. The van der Waals surface area contributed by atoms with Crippen molar-refractivity contribution < 1.29 is 19.7 Å². The van der Waals surface area contributed by atoms with Crippen molar-refractivity contribution in [1.82, 2.24) is 0 Å². The predicted molar refractivity (Wildman–Crippen MR) is 227 cm³/mol. The zero-order chi connectivity index (χ0) is 33.3. The number of phenolic OH excluding ortho intramolecular Hbond substituents is 2.